The van der Waals surface area contributed by atoms with Gasteiger partial charge in [0.2, 0.25) is 10.0 Å². The van der Waals surface area contributed by atoms with E-state index in [4.69, 9.17) is 9.47 Å². The van der Waals surface area contributed by atoms with Crippen LogP contribution in [0.1, 0.15) is 24.2 Å². The van der Waals surface area contributed by atoms with Crippen LogP contribution in [-0.2, 0) is 14.8 Å². The lowest BCUT2D eigenvalue weighted by molar-refractivity contribution is 0.102. The summed E-state index contributed by atoms with van der Waals surface area (Å²) in [6.07, 6.45) is 0. The zero-order valence-electron chi connectivity index (χ0n) is 15.6. The Balaban J connectivity index is 1.99. The molecular weight excluding hydrogens is 368 g/mol. The summed E-state index contributed by atoms with van der Waals surface area (Å²) in [5.41, 5.74) is 0.969. The highest BCUT2D eigenvalue weighted by molar-refractivity contribution is 7.89. The van der Waals surface area contributed by atoms with Crippen molar-refractivity contribution in [2.45, 2.75) is 24.8 Å². The number of hydrogen-bond donors (Lipinski definition) is 2. The first-order valence-electron chi connectivity index (χ1n) is 8.47. The molecule has 1 amide bonds. The van der Waals surface area contributed by atoms with Gasteiger partial charge in [0, 0.05) is 24.4 Å². The van der Waals surface area contributed by atoms with Crippen LogP contribution in [0.4, 0.5) is 5.69 Å². The lowest BCUT2D eigenvalue weighted by Gasteiger charge is -2.11. The Bertz CT molecular complexity index is 847. The molecule has 0 bridgehead atoms. The second-order valence-electron chi connectivity index (χ2n) is 6.12. The van der Waals surface area contributed by atoms with E-state index in [1.165, 1.54) is 12.1 Å². The minimum absolute atomic E-state index is 0.145. The fraction of sp³-hybridized carbons (Fsp3) is 0.316. The maximum atomic E-state index is 12.3. The summed E-state index contributed by atoms with van der Waals surface area (Å²) in [6.45, 7) is 4.42. The van der Waals surface area contributed by atoms with Crippen molar-refractivity contribution in [2.24, 2.45) is 0 Å². The molecular formula is C19H24N2O5S. The highest BCUT2D eigenvalue weighted by atomic mass is 32.2. The van der Waals surface area contributed by atoms with Gasteiger partial charge in [-0.05, 0) is 62.4 Å². The zero-order valence-corrected chi connectivity index (χ0v) is 16.4. The van der Waals surface area contributed by atoms with Crippen LogP contribution in [0.5, 0.6) is 5.75 Å². The van der Waals surface area contributed by atoms with E-state index in [0.29, 0.717) is 30.2 Å². The Morgan fingerprint density at radius 2 is 1.63 bits per heavy atom. The van der Waals surface area contributed by atoms with Crippen molar-refractivity contribution < 1.29 is 22.7 Å². The molecule has 0 heterocycles. The average Bonchev–Trinajstić information content (AvgIpc) is 2.62. The van der Waals surface area contributed by atoms with Crippen molar-refractivity contribution in [3.63, 3.8) is 0 Å². The Kier molecular flexibility index (Phi) is 7.35. The van der Waals surface area contributed by atoms with E-state index in [0.717, 1.165) is 0 Å². The van der Waals surface area contributed by atoms with Gasteiger partial charge in [0.1, 0.15) is 12.4 Å². The van der Waals surface area contributed by atoms with E-state index in [2.05, 4.69) is 10.0 Å². The highest BCUT2D eigenvalue weighted by Gasteiger charge is 2.15. The largest absolute Gasteiger partial charge is 0.491 e. The smallest absolute Gasteiger partial charge is 0.255 e. The minimum Gasteiger partial charge on any atom is -0.491 e. The summed E-state index contributed by atoms with van der Waals surface area (Å²) in [7, 11) is -1.96. The van der Waals surface area contributed by atoms with Gasteiger partial charge in [-0.2, -0.15) is 0 Å². The third-order valence-corrected chi connectivity index (χ3v) is 5.16. The number of ether oxygens (including phenoxy) is 2. The standard InChI is InChI=1S/C19H24N2O5S/c1-14(2)21-27(23,24)18-10-6-16(7-11-18)20-19(22)15-4-8-17(9-5-15)26-13-12-25-3/h4-11,14,21H,12-13H2,1-3H3,(H,20,22). The van der Waals surface area contributed by atoms with Crippen LogP contribution in [0.25, 0.3) is 0 Å². The summed E-state index contributed by atoms with van der Waals surface area (Å²) < 4.78 is 37.1. The summed E-state index contributed by atoms with van der Waals surface area (Å²) in [6, 6.07) is 12.5. The van der Waals surface area contributed by atoms with Crippen LogP contribution in [0.3, 0.4) is 0 Å². The van der Waals surface area contributed by atoms with Crippen LogP contribution in [0, 0.1) is 0 Å². The number of benzene rings is 2. The Labute approximate surface area is 159 Å². The average molecular weight is 392 g/mol. The summed E-state index contributed by atoms with van der Waals surface area (Å²) in [5, 5.41) is 2.73. The second-order valence-corrected chi connectivity index (χ2v) is 7.83. The molecule has 8 heteroatoms. The van der Waals surface area contributed by atoms with Crippen molar-refractivity contribution in [2.75, 3.05) is 25.6 Å². The predicted octanol–water partition coefficient (Wildman–Crippen LogP) is 2.65. The number of hydrogen-bond acceptors (Lipinski definition) is 5. The molecule has 146 valence electrons. The molecule has 0 radical (unpaired) electrons. The SMILES string of the molecule is COCCOc1ccc(C(=O)Nc2ccc(S(=O)(=O)NC(C)C)cc2)cc1. The molecule has 27 heavy (non-hydrogen) atoms. The highest BCUT2D eigenvalue weighted by Crippen LogP contribution is 2.17. The van der Waals surface area contributed by atoms with Gasteiger partial charge in [0.05, 0.1) is 11.5 Å². The molecule has 0 fully saturated rings. The van der Waals surface area contributed by atoms with Crippen LogP contribution in [0.15, 0.2) is 53.4 Å². The zero-order chi connectivity index (χ0) is 19.9. The molecule has 0 saturated heterocycles. The fourth-order valence-electron chi connectivity index (χ4n) is 2.24. The van der Waals surface area contributed by atoms with E-state index >= 15 is 0 Å². The van der Waals surface area contributed by atoms with Crippen molar-refractivity contribution in [1.82, 2.24) is 4.72 Å². The number of sulfonamides is 1. The van der Waals surface area contributed by atoms with Crippen molar-refractivity contribution >= 4 is 21.6 Å². The first-order chi connectivity index (χ1) is 12.8. The number of methoxy groups -OCH3 is 1. The minimum atomic E-state index is -3.56. The van der Waals surface area contributed by atoms with Crippen molar-refractivity contribution in [1.29, 1.82) is 0 Å². The molecule has 0 aromatic heterocycles. The molecule has 2 N–H and O–H groups in total. The molecule has 0 spiro atoms. The van der Waals surface area contributed by atoms with Crippen LogP contribution in [0.2, 0.25) is 0 Å². The van der Waals surface area contributed by atoms with Gasteiger partial charge < -0.3 is 14.8 Å². The number of amides is 1. The van der Waals surface area contributed by atoms with Gasteiger partial charge in [-0.25, -0.2) is 13.1 Å². The molecule has 2 aromatic carbocycles. The number of anilines is 1. The van der Waals surface area contributed by atoms with Crippen molar-refractivity contribution in [3.8, 4) is 5.75 Å². The first kappa shape index (κ1) is 20.9. The van der Waals surface area contributed by atoms with Gasteiger partial charge >= 0.3 is 0 Å². The van der Waals surface area contributed by atoms with Gasteiger partial charge in [0.15, 0.2) is 0 Å². The third kappa shape index (κ3) is 6.35. The number of nitrogens with one attached hydrogen (secondary N) is 2. The molecule has 0 saturated carbocycles. The monoisotopic (exact) mass is 392 g/mol. The first-order valence-corrected chi connectivity index (χ1v) is 9.95. The fourth-order valence-corrected chi connectivity index (χ4v) is 3.50. The topological polar surface area (TPSA) is 93.7 Å². The number of carbonyl (C=O) groups excluding carboxylic acids is 1. The molecule has 0 aliphatic heterocycles. The molecule has 2 rings (SSSR count). The van der Waals surface area contributed by atoms with Gasteiger partial charge in [-0.3, -0.25) is 4.79 Å². The molecule has 7 nitrogen and oxygen atoms in total. The van der Waals surface area contributed by atoms with Crippen LogP contribution in [-0.4, -0.2) is 40.7 Å². The Morgan fingerprint density at radius 3 is 2.19 bits per heavy atom. The van der Waals surface area contributed by atoms with Gasteiger partial charge in [-0.1, -0.05) is 0 Å². The summed E-state index contributed by atoms with van der Waals surface area (Å²) >= 11 is 0. The molecule has 0 aliphatic rings. The number of rotatable bonds is 9. The van der Waals surface area contributed by atoms with Crippen LogP contribution >= 0.6 is 0 Å². The Morgan fingerprint density at radius 1 is 1.00 bits per heavy atom. The Hall–Kier alpha value is -2.42. The maximum Gasteiger partial charge on any atom is 0.255 e. The third-order valence-electron chi connectivity index (χ3n) is 3.49. The second kappa shape index (κ2) is 9.50. The van der Waals surface area contributed by atoms with E-state index in [-0.39, 0.29) is 16.8 Å². The van der Waals surface area contributed by atoms with E-state index in [1.54, 1.807) is 57.4 Å². The molecule has 2 aromatic rings. The molecule has 0 atom stereocenters. The van der Waals surface area contributed by atoms with E-state index in [9.17, 15) is 13.2 Å². The lowest BCUT2D eigenvalue weighted by atomic mass is 10.2. The maximum absolute atomic E-state index is 12.3. The summed E-state index contributed by atoms with van der Waals surface area (Å²) in [4.78, 5) is 12.5. The molecule has 0 aliphatic carbocycles. The predicted molar refractivity (Wildman–Crippen MR) is 104 cm³/mol. The molecule has 0 unspecified atom stereocenters. The normalized spacial score (nSPS) is 11.4. The van der Waals surface area contributed by atoms with Crippen molar-refractivity contribution in [3.05, 3.63) is 54.1 Å². The van der Waals surface area contributed by atoms with E-state index in [1.807, 2.05) is 0 Å². The summed E-state index contributed by atoms with van der Waals surface area (Å²) in [5.74, 6) is 0.352. The number of carbonyl (C=O) groups is 1. The lowest BCUT2D eigenvalue weighted by Crippen LogP contribution is -2.30. The van der Waals surface area contributed by atoms with Gasteiger partial charge in [0.25, 0.3) is 5.91 Å². The van der Waals surface area contributed by atoms with Gasteiger partial charge in [-0.15, -0.1) is 0 Å². The van der Waals surface area contributed by atoms with Crippen LogP contribution < -0.4 is 14.8 Å². The quantitative estimate of drug-likeness (QED) is 0.640. The van der Waals surface area contributed by atoms with E-state index < -0.39 is 10.0 Å².